The summed E-state index contributed by atoms with van der Waals surface area (Å²) < 4.78 is 0. The zero-order valence-electron chi connectivity index (χ0n) is 9.99. The third-order valence-corrected chi connectivity index (χ3v) is 2.93. The highest BCUT2D eigenvalue weighted by Crippen LogP contribution is 2.17. The fourth-order valence-corrected chi connectivity index (χ4v) is 1.91. The molecule has 1 aliphatic heterocycles. The predicted octanol–water partition coefficient (Wildman–Crippen LogP) is 1.08. The van der Waals surface area contributed by atoms with Crippen molar-refractivity contribution in [2.24, 2.45) is 0 Å². The number of nitrogens with zero attached hydrogens (tertiary/aromatic N) is 1. The van der Waals surface area contributed by atoms with E-state index in [-0.39, 0.29) is 11.8 Å². The van der Waals surface area contributed by atoms with Crippen molar-refractivity contribution in [1.82, 2.24) is 5.32 Å². The van der Waals surface area contributed by atoms with Crippen LogP contribution in [0, 0.1) is 18.3 Å². The molecule has 5 nitrogen and oxygen atoms in total. The number of rotatable bonds is 2. The lowest BCUT2D eigenvalue weighted by atomic mass is 10.0. The van der Waals surface area contributed by atoms with Gasteiger partial charge < -0.3 is 5.32 Å². The van der Waals surface area contributed by atoms with Crippen molar-refractivity contribution in [3.05, 3.63) is 29.3 Å². The molecule has 1 aromatic rings. The van der Waals surface area contributed by atoms with E-state index in [1.54, 1.807) is 12.1 Å². The van der Waals surface area contributed by atoms with Crippen LogP contribution in [-0.4, -0.2) is 17.9 Å². The Labute approximate surface area is 105 Å². The highest BCUT2D eigenvalue weighted by molar-refractivity contribution is 6.01. The fourth-order valence-electron chi connectivity index (χ4n) is 1.91. The van der Waals surface area contributed by atoms with Crippen molar-refractivity contribution in [2.45, 2.75) is 25.8 Å². The van der Waals surface area contributed by atoms with E-state index in [2.05, 4.69) is 16.7 Å². The summed E-state index contributed by atoms with van der Waals surface area (Å²) >= 11 is 0. The first-order chi connectivity index (χ1) is 8.60. The molecule has 2 N–H and O–H groups in total. The molecule has 5 heteroatoms. The number of nitrogens with one attached hydrogen (secondary N) is 2. The second kappa shape index (κ2) is 4.88. The standard InChI is InChI=1S/C13H13N3O2/c1-8-6-10(3-2-9(8)7-14)15-11-4-5-12(17)16-13(11)18/h2-3,6,11,15H,4-5H2,1H3,(H,16,17,18). The van der Waals surface area contributed by atoms with Crippen LogP contribution < -0.4 is 10.6 Å². The molecule has 1 heterocycles. The van der Waals surface area contributed by atoms with Gasteiger partial charge in [-0.3, -0.25) is 14.9 Å². The lowest BCUT2D eigenvalue weighted by Crippen LogP contribution is -2.47. The number of carbonyl (C=O) groups excluding carboxylic acids is 2. The van der Waals surface area contributed by atoms with Crippen LogP contribution in [0.3, 0.4) is 0 Å². The molecule has 0 aromatic heterocycles. The molecule has 1 aromatic carbocycles. The normalized spacial score (nSPS) is 19.0. The molecule has 1 saturated heterocycles. The van der Waals surface area contributed by atoms with Crippen molar-refractivity contribution in [2.75, 3.05) is 5.32 Å². The molecule has 0 aliphatic carbocycles. The van der Waals surface area contributed by atoms with Gasteiger partial charge in [-0.2, -0.15) is 5.26 Å². The van der Waals surface area contributed by atoms with Crippen LogP contribution in [0.25, 0.3) is 0 Å². The molecule has 0 spiro atoms. The fraction of sp³-hybridized carbons (Fsp3) is 0.308. The molecule has 0 saturated carbocycles. The third-order valence-electron chi connectivity index (χ3n) is 2.93. The van der Waals surface area contributed by atoms with Gasteiger partial charge in [0.25, 0.3) is 0 Å². The van der Waals surface area contributed by atoms with Gasteiger partial charge in [-0.15, -0.1) is 0 Å². The number of amides is 2. The number of hydrogen-bond acceptors (Lipinski definition) is 4. The Bertz CT molecular complexity index is 546. The molecule has 0 bridgehead atoms. The zero-order valence-corrected chi connectivity index (χ0v) is 9.99. The van der Waals surface area contributed by atoms with Crippen LogP contribution in [0.2, 0.25) is 0 Å². The lowest BCUT2D eigenvalue weighted by molar-refractivity contribution is -0.133. The van der Waals surface area contributed by atoms with Gasteiger partial charge in [-0.1, -0.05) is 0 Å². The van der Waals surface area contributed by atoms with Crippen LogP contribution in [0.1, 0.15) is 24.0 Å². The van der Waals surface area contributed by atoms with Crippen LogP contribution >= 0.6 is 0 Å². The molecular formula is C13H13N3O2. The number of carbonyl (C=O) groups is 2. The summed E-state index contributed by atoms with van der Waals surface area (Å²) in [5.41, 5.74) is 2.25. The summed E-state index contributed by atoms with van der Waals surface area (Å²) in [6.07, 6.45) is 0.836. The van der Waals surface area contributed by atoms with E-state index in [0.717, 1.165) is 11.3 Å². The van der Waals surface area contributed by atoms with Gasteiger partial charge in [-0.25, -0.2) is 0 Å². The Morgan fingerprint density at radius 2 is 2.22 bits per heavy atom. The number of benzene rings is 1. The minimum atomic E-state index is -0.393. The maximum atomic E-state index is 11.6. The lowest BCUT2D eigenvalue weighted by Gasteiger charge is -2.23. The van der Waals surface area contributed by atoms with Crippen molar-refractivity contribution in [3.8, 4) is 6.07 Å². The summed E-state index contributed by atoms with van der Waals surface area (Å²) in [4.78, 5) is 22.6. The van der Waals surface area contributed by atoms with Gasteiger partial charge in [0.05, 0.1) is 11.6 Å². The first kappa shape index (κ1) is 12.1. The van der Waals surface area contributed by atoms with Gasteiger partial charge in [0.15, 0.2) is 0 Å². The van der Waals surface area contributed by atoms with E-state index < -0.39 is 6.04 Å². The molecular weight excluding hydrogens is 230 g/mol. The number of hydrogen-bond donors (Lipinski definition) is 2. The largest absolute Gasteiger partial charge is 0.374 e. The molecule has 92 valence electrons. The third kappa shape index (κ3) is 2.48. The van der Waals surface area contributed by atoms with E-state index in [1.807, 2.05) is 13.0 Å². The Morgan fingerprint density at radius 1 is 1.44 bits per heavy atom. The predicted molar refractivity (Wildman–Crippen MR) is 65.7 cm³/mol. The number of nitriles is 1. The summed E-state index contributed by atoms with van der Waals surface area (Å²) in [6.45, 7) is 1.84. The smallest absolute Gasteiger partial charge is 0.249 e. The van der Waals surface area contributed by atoms with Gasteiger partial charge >= 0.3 is 0 Å². The molecule has 2 amide bonds. The number of anilines is 1. The van der Waals surface area contributed by atoms with E-state index in [4.69, 9.17) is 5.26 Å². The second-order valence-electron chi connectivity index (χ2n) is 4.29. The molecule has 18 heavy (non-hydrogen) atoms. The Morgan fingerprint density at radius 3 is 2.83 bits per heavy atom. The number of imide groups is 1. The number of aryl methyl sites for hydroxylation is 1. The van der Waals surface area contributed by atoms with E-state index in [0.29, 0.717) is 18.4 Å². The highest BCUT2D eigenvalue weighted by Gasteiger charge is 2.26. The van der Waals surface area contributed by atoms with E-state index in [1.165, 1.54) is 0 Å². The van der Waals surface area contributed by atoms with Crippen molar-refractivity contribution in [1.29, 1.82) is 5.26 Å². The van der Waals surface area contributed by atoms with Crippen LogP contribution in [0.5, 0.6) is 0 Å². The minimum absolute atomic E-state index is 0.228. The molecule has 1 fully saturated rings. The average Bonchev–Trinajstić information content (AvgIpc) is 2.33. The van der Waals surface area contributed by atoms with Gasteiger partial charge in [-0.05, 0) is 37.1 Å². The van der Waals surface area contributed by atoms with Crippen LogP contribution in [-0.2, 0) is 9.59 Å². The quantitative estimate of drug-likeness (QED) is 0.761. The molecule has 1 unspecified atom stereocenters. The first-order valence-corrected chi connectivity index (χ1v) is 5.71. The van der Waals surface area contributed by atoms with E-state index >= 15 is 0 Å². The van der Waals surface area contributed by atoms with Crippen molar-refractivity contribution < 1.29 is 9.59 Å². The van der Waals surface area contributed by atoms with Crippen molar-refractivity contribution >= 4 is 17.5 Å². The maximum absolute atomic E-state index is 11.6. The Kier molecular flexibility index (Phi) is 3.28. The van der Waals surface area contributed by atoms with Crippen molar-refractivity contribution in [3.63, 3.8) is 0 Å². The van der Waals surface area contributed by atoms with Crippen LogP contribution in [0.15, 0.2) is 18.2 Å². The van der Waals surface area contributed by atoms with Gasteiger partial charge in [0.1, 0.15) is 6.04 Å². The first-order valence-electron chi connectivity index (χ1n) is 5.71. The SMILES string of the molecule is Cc1cc(NC2CCC(=O)NC2=O)ccc1C#N. The van der Waals surface area contributed by atoms with Gasteiger partial charge in [0, 0.05) is 12.1 Å². The summed E-state index contributed by atoms with van der Waals surface area (Å²) in [7, 11) is 0. The molecule has 0 radical (unpaired) electrons. The monoisotopic (exact) mass is 243 g/mol. The second-order valence-corrected chi connectivity index (χ2v) is 4.29. The molecule has 2 rings (SSSR count). The average molecular weight is 243 g/mol. The summed E-state index contributed by atoms with van der Waals surface area (Å²) in [6, 6.07) is 6.99. The minimum Gasteiger partial charge on any atom is -0.374 e. The topological polar surface area (TPSA) is 82.0 Å². The van der Waals surface area contributed by atoms with E-state index in [9.17, 15) is 9.59 Å². The zero-order chi connectivity index (χ0) is 13.1. The Balaban J connectivity index is 2.10. The molecule has 1 aliphatic rings. The maximum Gasteiger partial charge on any atom is 0.249 e. The summed E-state index contributed by atoms with van der Waals surface area (Å²) in [5, 5.41) is 14.2. The highest BCUT2D eigenvalue weighted by atomic mass is 16.2. The number of piperidine rings is 1. The van der Waals surface area contributed by atoms with Crippen LogP contribution in [0.4, 0.5) is 5.69 Å². The molecule has 1 atom stereocenters. The Hall–Kier alpha value is -2.35. The summed E-state index contributed by atoms with van der Waals surface area (Å²) in [5.74, 6) is -0.526. The van der Waals surface area contributed by atoms with Gasteiger partial charge in [0.2, 0.25) is 11.8 Å².